The Balaban J connectivity index is 1.65. The number of imidazole rings is 1. The average Bonchev–Trinajstić information content (AvgIpc) is 2.71. The highest BCUT2D eigenvalue weighted by Crippen LogP contribution is 2.38. The molecule has 3 nitrogen and oxygen atoms in total. The van der Waals surface area contributed by atoms with Gasteiger partial charge in [0.15, 0.2) is 5.16 Å². The highest BCUT2D eigenvalue weighted by Gasteiger charge is 2.25. The van der Waals surface area contributed by atoms with E-state index in [-0.39, 0.29) is 6.61 Å². The van der Waals surface area contributed by atoms with Gasteiger partial charge in [0.2, 0.25) is 0 Å². The molecule has 0 fully saturated rings. The summed E-state index contributed by atoms with van der Waals surface area (Å²) in [6.07, 6.45) is 2.93. The maximum Gasteiger partial charge on any atom is 0.167 e. The van der Waals surface area contributed by atoms with Gasteiger partial charge in [0.05, 0.1) is 18.5 Å². The highest BCUT2D eigenvalue weighted by molar-refractivity contribution is 7.99. The molecule has 18 heavy (non-hydrogen) atoms. The van der Waals surface area contributed by atoms with Crippen molar-refractivity contribution in [2.24, 2.45) is 7.05 Å². The van der Waals surface area contributed by atoms with Crippen molar-refractivity contribution in [1.82, 2.24) is 9.55 Å². The zero-order chi connectivity index (χ0) is 12.5. The van der Waals surface area contributed by atoms with E-state index in [0.29, 0.717) is 5.92 Å². The summed E-state index contributed by atoms with van der Waals surface area (Å²) in [6, 6.07) is 8.65. The highest BCUT2D eigenvalue weighted by atomic mass is 32.2. The first kappa shape index (κ1) is 11.8. The van der Waals surface area contributed by atoms with Crippen LogP contribution in [0.25, 0.3) is 0 Å². The van der Waals surface area contributed by atoms with E-state index in [2.05, 4.69) is 29.2 Å². The van der Waals surface area contributed by atoms with Crippen molar-refractivity contribution < 1.29 is 5.11 Å². The maximum atomic E-state index is 9.13. The fourth-order valence-electron chi connectivity index (χ4n) is 2.39. The van der Waals surface area contributed by atoms with E-state index < -0.39 is 0 Å². The molecule has 2 aromatic rings. The zero-order valence-electron chi connectivity index (χ0n) is 10.3. The molecular formula is C14H16N2OS. The number of aliphatic hydroxyl groups is 1. The maximum absolute atomic E-state index is 9.13. The first-order valence-corrected chi connectivity index (χ1v) is 7.10. The molecule has 0 bridgehead atoms. The Hall–Kier alpha value is -1.26. The molecule has 1 aromatic heterocycles. The predicted molar refractivity (Wildman–Crippen MR) is 72.7 cm³/mol. The second kappa shape index (κ2) is 4.78. The summed E-state index contributed by atoms with van der Waals surface area (Å²) in [7, 11) is 1.95. The third-order valence-corrected chi connectivity index (χ3v) is 4.79. The standard InChI is InChI=1S/C14H16N2OS/c1-16-12(8-17)7-15-14(16)18-9-11-6-10-4-2-3-5-13(10)11/h2-5,7,11,17H,6,8-9H2,1H3. The Bertz CT molecular complexity index is 565. The topological polar surface area (TPSA) is 38.0 Å². The lowest BCUT2D eigenvalue weighted by Crippen LogP contribution is -2.19. The van der Waals surface area contributed by atoms with Crippen LogP contribution < -0.4 is 0 Å². The van der Waals surface area contributed by atoms with E-state index in [1.807, 2.05) is 11.6 Å². The molecular weight excluding hydrogens is 244 g/mol. The van der Waals surface area contributed by atoms with Gasteiger partial charge in [-0.25, -0.2) is 4.98 Å². The van der Waals surface area contributed by atoms with Crippen LogP contribution in [0.2, 0.25) is 0 Å². The lowest BCUT2D eigenvalue weighted by atomic mass is 9.79. The Morgan fingerprint density at radius 2 is 2.28 bits per heavy atom. The molecule has 1 aliphatic rings. The van der Waals surface area contributed by atoms with Crippen LogP contribution in [0.4, 0.5) is 0 Å². The Labute approximate surface area is 111 Å². The summed E-state index contributed by atoms with van der Waals surface area (Å²) >= 11 is 1.77. The third kappa shape index (κ3) is 1.95. The number of hydrogen-bond donors (Lipinski definition) is 1. The van der Waals surface area contributed by atoms with Crippen molar-refractivity contribution >= 4 is 11.8 Å². The molecule has 1 aromatic carbocycles. The van der Waals surface area contributed by atoms with Gasteiger partial charge in [-0.3, -0.25) is 0 Å². The Kier molecular flexibility index (Phi) is 3.14. The van der Waals surface area contributed by atoms with E-state index >= 15 is 0 Å². The molecule has 3 rings (SSSR count). The van der Waals surface area contributed by atoms with Crippen LogP contribution in [0.5, 0.6) is 0 Å². The lowest BCUT2D eigenvalue weighted by Gasteiger charge is -2.29. The van der Waals surface area contributed by atoms with Crippen molar-refractivity contribution in [3.8, 4) is 0 Å². The van der Waals surface area contributed by atoms with Gasteiger partial charge < -0.3 is 9.67 Å². The molecule has 94 valence electrons. The van der Waals surface area contributed by atoms with Gasteiger partial charge >= 0.3 is 0 Å². The van der Waals surface area contributed by atoms with Gasteiger partial charge in [0.1, 0.15) is 0 Å². The van der Waals surface area contributed by atoms with Crippen molar-refractivity contribution in [2.45, 2.75) is 24.1 Å². The van der Waals surface area contributed by atoms with E-state index in [9.17, 15) is 0 Å². The van der Waals surface area contributed by atoms with Crippen LogP contribution in [0.15, 0.2) is 35.6 Å². The smallest absolute Gasteiger partial charge is 0.167 e. The number of hydrogen-bond acceptors (Lipinski definition) is 3. The van der Waals surface area contributed by atoms with Crippen LogP contribution >= 0.6 is 11.8 Å². The second-order valence-electron chi connectivity index (χ2n) is 4.66. The van der Waals surface area contributed by atoms with Crippen LogP contribution in [0, 0.1) is 0 Å². The van der Waals surface area contributed by atoms with Gasteiger partial charge in [-0.15, -0.1) is 0 Å². The number of rotatable bonds is 4. The largest absolute Gasteiger partial charge is 0.390 e. The molecule has 0 spiro atoms. The first-order chi connectivity index (χ1) is 8.79. The van der Waals surface area contributed by atoms with Gasteiger partial charge in [0, 0.05) is 12.8 Å². The summed E-state index contributed by atoms with van der Waals surface area (Å²) in [4.78, 5) is 4.34. The normalized spacial score (nSPS) is 17.3. The van der Waals surface area contributed by atoms with Crippen molar-refractivity contribution in [3.05, 3.63) is 47.3 Å². The van der Waals surface area contributed by atoms with Gasteiger partial charge in [-0.1, -0.05) is 36.0 Å². The third-order valence-electron chi connectivity index (χ3n) is 3.58. The molecule has 1 aliphatic carbocycles. The summed E-state index contributed by atoms with van der Waals surface area (Å²) in [5.74, 6) is 1.72. The van der Waals surface area contributed by atoms with Crippen LogP contribution in [0.3, 0.4) is 0 Å². The fraction of sp³-hybridized carbons (Fsp3) is 0.357. The van der Waals surface area contributed by atoms with Crippen LogP contribution in [-0.4, -0.2) is 20.4 Å². The molecule has 0 radical (unpaired) electrons. The minimum Gasteiger partial charge on any atom is -0.390 e. The number of fused-ring (bicyclic) bond motifs is 1. The lowest BCUT2D eigenvalue weighted by molar-refractivity contribution is 0.271. The molecule has 1 N–H and O–H groups in total. The molecule has 0 saturated carbocycles. The Morgan fingerprint density at radius 1 is 1.44 bits per heavy atom. The quantitative estimate of drug-likeness (QED) is 0.858. The first-order valence-electron chi connectivity index (χ1n) is 6.11. The molecule has 0 amide bonds. The van der Waals surface area contributed by atoms with E-state index in [0.717, 1.165) is 16.6 Å². The molecule has 0 saturated heterocycles. The minimum absolute atomic E-state index is 0.0519. The van der Waals surface area contributed by atoms with Crippen molar-refractivity contribution in [3.63, 3.8) is 0 Å². The molecule has 1 unspecified atom stereocenters. The van der Waals surface area contributed by atoms with Crippen molar-refractivity contribution in [1.29, 1.82) is 0 Å². The van der Waals surface area contributed by atoms with Gasteiger partial charge in [-0.05, 0) is 23.5 Å². The second-order valence-corrected chi connectivity index (χ2v) is 5.65. The molecule has 1 heterocycles. The molecule has 1 atom stereocenters. The van der Waals surface area contributed by atoms with Crippen molar-refractivity contribution in [2.75, 3.05) is 5.75 Å². The number of thioether (sulfide) groups is 1. The van der Waals surface area contributed by atoms with Gasteiger partial charge in [0.25, 0.3) is 0 Å². The number of aromatic nitrogens is 2. The summed E-state index contributed by atoms with van der Waals surface area (Å²) in [6.45, 7) is 0.0519. The van der Waals surface area contributed by atoms with E-state index in [1.165, 1.54) is 17.5 Å². The van der Waals surface area contributed by atoms with E-state index in [1.54, 1.807) is 18.0 Å². The number of nitrogens with zero attached hydrogens (tertiary/aromatic N) is 2. The Morgan fingerprint density at radius 3 is 3.00 bits per heavy atom. The number of benzene rings is 1. The minimum atomic E-state index is 0.0519. The monoisotopic (exact) mass is 260 g/mol. The van der Waals surface area contributed by atoms with Gasteiger partial charge in [-0.2, -0.15) is 0 Å². The average molecular weight is 260 g/mol. The molecule has 4 heteroatoms. The van der Waals surface area contributed by atoms with E-state index in [4.69, 9.17) is 5.11 Å². The summed E-state index contributed by atoms with van der Waals surface area (Å²) in [5.41, 5.74) is 3.84. The zero-order valence-corrected chi connectivity index (χ0v) is 11.2. The van der Waals surface area contributed by atoms with Crippen LogP contribution in [-0.2, 0) is 20.1 Å². The predicted octanol–water partition coefficient (Wildman–Crippen LogP) is 2.34. The number of aliphatic hydroxyl groups excluding tert-OH is 1. The SMILES string of the molecule is Cn1c(CO)cnc1SCC1Cc2ccccc21. The fourth-order valence-corrected chi connectivity index (χ4v) is 3.48. The van der Waals surface area contributed by atoms with Crippen LogP contribution in [0.1, 0.15) is 22.7 Å². The summed E-state index contributed by atoms with van der Waals surface area (Å²) in [5, 5.41) is 10.1. The summed E-state index contributed by atoms with van der Waals surface area (Å²) < 4.78 is 1.97. The molecule has 0 aliphatic heterocycles.